The highest BCUT2D eigenvalue weighted by Gasteiger charge is 2.21. The van der Waals surface area contributed by atoms with Gasteiger partial charge in [-0.05, 0) is 18.6 Å². The van der Waals surface area contributed by atoms with Gasteiger partial charge in [0.05, 0.1) is 6.42 Å². The Labute approximate surface area is 115 Å². The number of nitrogens with one attached hydrogen (secondary N) is 2. The fraction of sp³-hybridized carbons (Fsp3) is 0.385. The Morgan fingerprint density at radius 1 is 1.53 bits per heavy atom. The fourth-order valence-electron chi connectivity index (χ4n) is 1.99. The molecule has 1 heterocycles. The van der Waals surface area contributed by atoms with Crippen molar-refractivity contribution in [1.29, 1.82) is 0 Å². The number of carbonyl (C=O) groups excluding carboxylic acids is 2. The second-order valence-corrected chi connectivity index (χ2v) is 4.89. The zero-order valence-electron chi connectivity index (χ0n) is 10.2. The number of carbonyl (C=O) groups is 2. The molecule has 0 saturated carbocycles. The molecular weight excluding hydrogens is 271 g/mol. The van der Waals surface area contributed by atoms with Crippen LogP contribution in [-0.4, -0.2) is 24.4 Å². The lowest BCUT2D eigenvalue weighted by Gasteiger charge is -2.12. The summed E-state index contributed by atoms with van der Waals surface area (Å²) >= 11 is 5.84. The topological polar surface area (TPSA) is 58.2 Å². The number of hydrogen-bond acceptors (Lipinski definition) is 2. The third-order valence-electron chi connectivity index (χ3n) is 3.03. The summed E-state index contributed by atoms with van der Waals surface area (Å²) in [5.41, 5.74) is 0.192. The van der Waals surface area contributed by atoms with Crippen molar-refractivity contribution in [2.45, 2.75) is 25.3 Å². The lowest BCUT2D eigenvalue weighted by atomic mass is 10.1. The highest BCUT2D eigenvalue weighted by molar-refractivity contribution is 6.31. The molecule has 1 fully saturated rings. The molecule has 1 atom stereocenters. The van der Waals surface area contributed by atoms with Gasteiger partial charge in [-0.2, -0.15) is 0 Å². The molecule has 0 radical (unpaired) electrons. The van der Waals surface area contributed by atoms with E-state index in [1.807, 2.05) is 0 Å². The molecule has 0 bridgehead atoms. The first-order chi connectivity index (χ1) is 9.06. The lowest BCUT2D eigenvalue weighted by Crippen LogP contribution is -2.39. The molecule has 6 heteroatoms. The van der Waals surface area contributed by atoms with Crippen molar-refractivity contribution < 1.29 is 14.0 Å². The van der Waals surface area contributed by atoms with Crippen molar-refractivity contribution in [3.8, 4) is 0 Å². The molecular formula is C13H14ClFN2O2. The minimum absolute atomic E-state index is 0.00334. The third-order valence-corrected chi connectivity index (χ3v) is 3.38. The van der Waals surface area contributed by atoms with Crippen molar-refractivity contribution in [2.24, 2.45) is 0 Å². The predicted octanol–water partition coefficient (Wildman–Crippen LogP) is 1.42. The van der Waals surface area contributed by atoms with Gasteiger partial charge in [0.15, 0.2) is 0 Å². The minimum atomic E-state index is -0.489. The molecule has 1 aromatic rings. The first kappa shape index (κ1) is 13.8. The summed E-state index contributed by atoms with van der Waals surface area (Å²) in [5.74, 6) is -0.804. The number of rotatable bonds is 4. The van der Waals surface area contributed by atoms with E-state index >= 15 is 0 Å². The van der Waals surface area contributed by atoms with E-state index in [0.29, 0.717) is 19.4 Å². The normalized spacial score (nSPS) is 18.2. The van der Waals surface area contributed by atoms with Crippen molar-refractivity contribution in [3.63, 3.8) is 0 Å². The maximum atomic E-state index is 13.5. The molecule has 19 heavy (non-hydrogen) atoms. The van der Waals surface area contributed by atoms with Gasteiger partial charge < -0.3 is 10.6 Å². The van der Waals surface area contributed by atoms with E-state index in [9.17, 15) is 14.0 Å². The van der Waals surface area contributed by atoms with Crippen LogP contribution in [0.5, 0.6) is 0 Å². The molecule has 2 amide bonds. The van der Waals surface area contributed by atoms with Gasteiger partial charge in [-0.3, -0.25) is 9.59 Å². The molecule has 0 unspecified atom stereocenters. The van der Waals surface area contributed by atoms with Crippen LogP contribution in [0, 0.1) is 5.82 Å². The highest BCUT2D eigenvalue weighted by atomic mass is 35.5. The Bertz CT molecular complexity index is 487. The summed E-state index contributed by atoms with van der Waals surface area (Å²) in [7, 11) is 0. The maximum Gasteiger partial charge on any atom is 0.224 e. The van der Waals surface area contributed by atoms with Gasteiger partial charge in [0, 0.05) is 29.6 Å². The second kappa shape index (κ2) is 6.02. The summed E-state index contributed by atoms with van der Waals surface area (Å²) in [5, 5.41) is 5.65. The largest absolute Gasteiger partial charge is 0.354 e. The standard InChI is InChI=1S/C13H14ClFN2O2/c14-10-2-1-3-11(15)9(10)6-13(19)16-7-8-4-5-12(18)17-8/h1-3,8H,4-7H2,(H,16,19)(H,17,18)/t8-/m1/s1. The molecule has 1 saturated heterocycles. The van der Waals surface area contributed by atoms with Gasteiger partial charge in [0.2, 0.25) is 11.8 Å². The molecule has 4 nitrogen and oxygen atoms in total. The Balaban J connectivity index is 1.86. The van der Waals surface area contributed by atoms with E-state index in [1.54, 1.807) is 6.07 Å². The summed E-state index contributed by atoms with van der Waals surface area (Å²) in [6, 6.07) is 4.27. The Hall–Kier alpha value is -1.62. The molecule has 1 aliphatic heterocycles. The van der Waals surface area contributed by atoms with Gasteiger partial charge in [0.25, 0.3) is 0 Å². The first-order valence-corrected chi connectivity index (χ1v) is 6.43. The lowest BCUT2D eigenvalue weighted by molar-refractivity contribution is -0.121. The number of benzene rings is 1. The van der Waals surface area contributed by atoms with Gasteiger partial charge in [-0.15, -0.1) is 0 Å². The average molecular weight is 285 g/mol. The van der Waals surface area contributed by atoms with Crippen LogP contribution in [-0.2, 0) is 16.0 Å². The van der Waals surface area contributed by atoms with Crippen LogP contribution < -0.4 is 10.6 Å². The van der Waals surface area contributed by atoms with Crippen molar-refractivity contribution in [3.05, 3.63) is 34.6 Å². The number of halogens is 2. The van der Waals surface area contributed by atoms with Gasteiger partial charge in [0.1, 0.15) is 5.82 Å². The van der Waals surface area contributed by atoms with Gasteiger partial charge in [-0.1, -0.05) is 17.7 Å². The van der Waals surface area contributed by atoms with Crippen molar-refractivity contribution in [2.75, 3.05) is 6.54 Å². The predicted molar refractivity (Wildman–Crippen MR) is 69.3 cm³/mol. The number of hydrogen-bond donors (Lipinski definition) is 2. The Morgan fingerprint density at radius 2 is 2.32 bits per heavy atom. The average Bonchev–Trinajstić information content (AvgIpc) is 2.77. The summed E-state index contributed by atoms with van der Waals surface area (Å²) in [6.07, 6.45) is 1.09. The monoisotopic (exact) mass is 284 g/mol. The summed E-state index contributed by atoms with van der Waals surface area (Å²) in [4.78, 5) is 22.7. The van der Waals surface area contributed by atoms with Crippen LogP contribution in [0.2, 0.25) is 5.02 Å². The zero-order chi connectivity index (χ0) is 13.8. The zero-order valence-corrected chi connectivity index (χ0v) is 11.0. The molecule has 2 N–H and O–H groups in total. The first-order valence-electron chi connectivity index (χ1n) is 6.05. The van der Waals surface area contributed by atoms with E-state index in [4.69, 9.17) is 11.6 Å². The highest BCUT2D eigenvalue weighted by Crippen LogP contribution is 2.19. The third kappa shape index (κ3) is 3.67. The van der Waals surface area contributed by atoms with Gasteiger partial charge in [-0.25, -0.2) is 4.39 Å². The number of amides is 2. The summed E-state index contributed by atoms with van der Waals surface area (Å²) in [6.45, 7) is 0.358. The fourth-order valence-corrected chi connectivity index (χ4v) is 2.22. The quantitative estimate of drug-likeness (QED) is 0.878. The van der Waals surface area contributed by atoms with Crippen LogP contribution in [0.1, 0.15) is 18.4 Å². The second-order valence-electron chi connectivity index (χ2n) is 4.48. The SMILES string of the molecule is O=C(Cc1c(F)cccc1Cl)NC[C@H]1CCC(=O)N1. The van der Waals surface area contributed by atoms with Crippen molar-refractivity contribution >= 4 is 23.4 Å². The van der Waals surface area contributed by atoms with Gasteiger partial charge >= 0.3 is 0 Å². The molecule has 1 aliphatic rings. The maximum absolute atomic E-state index is 13.5. The van der Waals surface area contributed by atoms with Crippen molar-refractivity contribution in [1.82, 2.24) is 10.6 Å². The molecule has 102 valence electrons. The van der Waals surface area contributed by atoms with Crippen LogP contribution in [0.3, 0.4) is 0 Å². The van der Waals surface area contributed by atoms with Crippen LogP contribution in [0.25, 0.3) is 0 Å². The molecule has 0 spiro atoms. The molecule has 0 aliphatic carbocycles. The van der Waals surface area contributed by atoms with E-state index in [2.05, 4.69) is 10.6 Å². The smallest absolute Gasteiger partial charge is 0.224 e. The van der Waals surface area contributed by atoms with E-state index in [1.165, 1.54) is 12.1 Å². The van der Waals surface area contributed by atoms with E-state index < -0.39 is 5.82 Å². The van der Waals surface area contributed by atoms with Crippen LogP contribution >= 0.6 is 11.6 Å². The van der Waals surface area contributed by atoms with E-state index in [0.717, 1.165) is 0 Å². The molecule has 1 aromatic carbocycles. The molecule has 2 rings (SSSR count). The molecule has 0 aromatic heterocycles. The Morgan fingerprint density at radius 3 is 2.95 bits per heavy atom. The van der Waals surface area contributed by atoms with Crippen LogP contribution in [0.15, 0.2) is 18.2 Å². The summed E-state index contributed by atoms with van der Waals surface area (Å²) < 4.78 is 13.5. The Kier molecular flexibility index (Phi) is 4.37. The minimum Gasteiger partial charge on any atom is -0.354 e. The van der Waals surface area contributed by atoms with E-state index in [-0.39, 0.29) is 34.9 Å². The van der Waals surface area contributed by atoms with Crippen LogP contribution in [0.4, 0.5) is 4.39 Å².